The quantitative estimate of drug-likeness (QED) is 0.449. The minimum Gasteiger partial charge on any atom is -0.294 e. The second-order valence-electron chi connectivity index (χ2n) is 8.62. The molecule has 152 valence electrons. The van der Waals surface area contributed by atoms with Gasteiger partial charge < -0.3 is 0 Å². The van der Waals surface area contributed by atoms with E-state index < -0.39 is 0 Å². The maximum Gasteiger partial charge on any atom is 0.161 e. The van der Waals surface area contributed by atoms with Crippen molar-refractivity contribution in [3.63, 3.8) is 0 Å². The molecule has 0 N–H and O–H groups in total. The van der Waals surface area contributed by atoms with Gasteiger partial charge in [-0.2, -0.15) is 0 Å². The molecule has 1 aliphatic carbocycles. The molecule has 0 aromatic heterocycles. The van der Waals surface area contributed by atoms with E-state index in [1.165, 1.54) is 109 Å². The lowest BCUT2D eigenvalue weighted by Crippen LogP contribution is -2.16. The van der Waals surface area contributed by atoms with Gasteiger partial charge in [0.25, 0.3) is 0 Å². The van der Waals surface area contributed by atoms with E-state index in [1.807, 2.05) is 19.9 Å². The molecule has 1 aliphatic rings. The molecule has 0 radical (unpaired) electrons. The Balaban J connectivity index is 2.39. The monoisotopic (exact) mass is 362 g/mol. The van der Waals surface area contributed by atoms with E-state index in [1.54, 1.807) is 0 Å². The SMILES string of the molecule is C/C=C(/C)C(=O)C1CCCCCCCCCCCCCCCCCCC1. The Morgan fingerprint density at radius 3 is 1.12 bits per heavy atom. The number of allylic oxidation sites excluding steroid dienone is 2. The molecule has 0 atom stereocenters. The van der Waals surface area contributed by atoms with Gasteiger partial charge in [0.15, 0.2) is 5.78 Å². The molecule has 0 amide bonds. The molecule has 0 spiro atoms. The molecule has 1 rings (SSSR count). The first-order valence-corrected chi connectivity index (χ1v) is 11.9. The van der Waals surface area contributed by atoms with Gasteiger partial charge >= 0.3 is 0 Å². The van der Waals surface area contributed by atoms with Crippen LogP contribution < -0.4 is 0 Å². The van der Waals surface area contributed by atoms with Gasteiger partial charge in [-0.15, -0.1) is 0 Å². The molecule has 0 heterocycles. The van der Waals surface area contributed by atoms with Crippen molar-refractivity contribution < 1.29 is 4.79 Å². The lowest BCUT2D eigenvalue weighted by molar-refractivity contribution is -0.119. The van der Waals surface area contributed by atoms with Crippen LogP contribution in [0.2, 0.25) is 0 Å². The fraction of sp³-hybridized carbons (Fsp3) is 0.880. The molecule has 0 aromatic carbocycles. The van der Waals surface area contributed by atoms with Crippen LogP contribution >= 0.6 is 0 Å². The molecular formula is C25H46O. The highest BCUT2D eigenvalue weighted by atomic mass is 16.1. The van der Waals surface area contributed by atoms with E-state index in [0.717, 1.165) is 18.4 Å². The lowest BCUT2D eigenvalue weighted by Gasteiger charge is -2.16. The Labute approximate surface area is 164 Å². The van der Waals surface area contributed by atoms with Crippen LogP contribution in [0.5, 0.6) is 0 Å². The zero-order valence-corrected chi connectivity index (χ0v) is 18.0. The number of carbonyl (C=O) groups excluding carboxylic acids is 1. The van der Waals surface area contributed by atoms with Crippen LogP contribution in [-0.4, -0.2) is 5.78 Å². The molecule has 1 nitrogen and oxygen atoms in total. The minimum atomic E-state index is 0.289. The molecule has 0 saturated heterocycles. The van der Waals surface area contributed by atoms with Crippen LogP contribution in [0.25, 0.3) is 0 Å². The van der Waals surface area contributed by atoms with Gasteiger partial charge in [-0.25, -0.2) is 0 Å². The largest absolute Gasteiger partial charge is 0.294 e. The summed E-state index contributed by atoms with van der Waals surface area (Å²) in [5.41, 5.74) is 0.976. The highest BCUT2D eigenvalue weighted by Gasteiger charge is 2.18. The van der Waals surface area contributed by atoms with Gasteiger partial charge in [0, 0.05) is 5.92 Å². The summed E-state index contributed by atoms with van der Waals surface area (Å²) in [6.07, 6.45) is 27.8. The normalized spacial score (nSPS) is 22.6. The molecule has 1 fully saturated rings. The summed E-state index contributed by atoms with van der Waals surface area (Å²) in [5, 5.41) is 0. The maximum absolute atomic E-state index is 12.7. The van der Waals surface area contributed by atoms with Crippen LogP contribution in [0.3, 0.4) is 0 Å². The number of hydrogen-bond donors (Lipinski definition) is 0. The highest BCUT2D eigenvalue weighted by molar-refractivity contribution is 5.96. The molecular weight excluding hydrogens is 316 g/mol. The molecule has 26 heavy (non-hydrogen) atoms. The smallest absolute Gasteiger partial charge is 0.161 e. The molecule has 0 aromatic rings. The number of ketones is 1. The molecule has 0 unspecified atom stereocenters. The third-order valence-electron chi connectivity index (χ3n) is 6.30. The zero-order valence-electron chi connectivity index (χ0n) is 18.0. The van der Waals surface area contributed by atoms with E-state index in [-0.39, 0.29) is 5.92 Å². The van der Waals surface area contributed by atoms with Gasteiger partial charge in [-0.3, -0.25) is 4.79 Å². The Morgan fingerprint density at radius 1 is 0.577 bits per heavy atom. The number of rotatable bonds is 2. The van der Waals surface area contributed by atoms with Crippen molar-refractivity contribution in [1.29, 1.82) is 0 Å². The van der Waals surface area contributed by atoms with E-state index in [0.29, 0.717) is 5.78 Å². The van der Waals surface area contributed by atoms with Crippen molar-refractivity contribution in [3.8, 4) is 0 Å². The average Bonchev–Trinajstić information content (AvgIpc) is 2.66. The zero-order chi connectivity index (χ0) is 18.9. The van der Waals surface area contributed by atoms with Crippen molar-refractivity contribution in [2.24, 2.45) is 5.92 Å². The van der Waals surface area contributed by atoms with Gasteiger partial charge in [0.1, 0.15) is 0 Å². The Hall–Kier alpha value is -0.590. The first-order valence-electron chi connectivity index (χ1n) is 11.9. The number of hydrogen-bond acceptors (Lipinski definition) is 1. The van der Waals surface area contributed by atoms with Crippen LogP contribution in [0.1, 0.15) is 136 Å². The minimum absolute atomic E-state index is 0.289. The van der Waals surface area contributed by atoms with Crippen molar-refractivity contribution in [3.05, 3.63) is 11.6 Å². The maximum atomic E-state index is 12.7. The van der Waals surface area contributed by atoms with Gasteiger partial charge in [0.05, 0.1) is 0 Å². The fourth-order valence-electron chi connectivity index (χ4n) is 4.30. The van der Waals surface area contributed by atoms with Crippen LogP contribution in [-0.2, 0) is 4.79 Å². The molecule has 0 bridgehead atoms. The Morgan fingerprint density at radius 2 is 0.846 bits per heavy atom. The molecule has 1 saturated carbocycles. The lowest BCUT2D eigenvalue weighted by atomic mass is 9.87. The second kappa shape index (κ2) is 16.6. The second-order valence-corrected chi connectivity index (χ2v) is 8.62. The molecule has 0 aliphatic heterocycles. The Kier molecular flexibility index (Phi) is 14.9. The number of Topliss-reactive ketones (excluding diaryl/α,β-unsaturated/α-hetero) is 1. The first kappa shape index (κ1) is 23.4. The summed E-state index contributed by atoms with van der Waals surface area (Å²) in [4.78, 5) is 12.7. The highest BCUT2D eigenvalue weighted by Crippen LogP contribution is 2.23. The topological polar surface area (TPSA) is 17.1 Å². The third-order valence-corrected chi connectivity index (χ3v) is 6.30. The van der Waals surface area contributed by atoms with Crippen LogP contribution in [0, 0.1) is 5.92 Å². The predicted octanol–water partition coefficient (Wildman–Crippen LogP) is 8.56. The summed E-state index contributed by atoms with van der Waals surface area (Å²) in [5.74, 6) is 0.714. The van der Waals surface area contributed by atoms with E-state index in [4.69, 9.17) is 0 Å². The summed E-state index contributed by atoms with van der Waals surface area (Å²) in [6, 6.07) is 0. The fourth-order valence-corrected chi connectivity index (χ4v) is 4.30. The van der Waals surface area contributed by atoms with Crippen molar-refractivity contribution in [1.82, 2.24) is 0 Å². The van der Waals surface area contributed by atoms with Gasteiger partial charge in [-0.05, 0) is 32.3 Å². The predicted molar refractivity (Wildman–Crippen MR) is 116 cm³/mol. The third kappa shape index (κ3) is 11.9. The summed E-state index contributed by atoms with van der Waals surface area (Å²) in [7, 11) is 0. The van der Waals surface area contributed by atoms with E-state index in [9.17, 15) is 4.79 Å². The van der Waals surface area contributed by atoms with Crippen LogP contribution in [0.15, 0.2) is 11.6 Å². The Bertz CT molecular complexity index is 348. The van der Waals surface area contributed by atoms with Crippen molar-refractivity contribution in [2.75, 3.05) is 0 Å². The van der Waals surface area contributed by atoms with Gasteiger partial charge in [0.2, 0.25) is 0 Å². The standard InChI is InChI=1S/C25H46O/c1-3-23(2)25(26)24-21-19-17-15-13-11-9-7-5-4-6-8-10-12-14-16-18-20-22-24/h3,24H,4-22H2,1-2H3/b23-3-. The van der Waals surface area contributed by atoms with Crippen LogP contribution in [0.4, 0.5) is 0 Å². The number of carbonyl (C=O) groups is 1. The molecule has 1 heteroatoms. The van der Waals surface area contributed by atoms with Gasteiger partial charge in [-0.1, -0.05) is 115 Å². The van der Waals surface area contributed by atoms with Crippen molar-refractivity contribution in [2.45, 2.75) is 136 Å². The van der Waals surface area contributed by atoms with E-state index >= 15 is 0 Å². The first-order chi connectivity index (χ1) is 12.8. The summed E-state index contributed by atoms with van der Waals surface area (Å²) >= 11 is 0. The summed E-state index contributed by atoms with van der Waals surface area (Å²) in [6.45, 7) is 4.00. The average molecular weight is 363 g/mol. The van der Waals surface area contributed by atoms with Crippen molar-refractivity contribution >= 4 is 5.78 Å². The summed E-state index contributed by atoms with van der Waals surface area (Å²) < 4.78 is 0. The van der Waals surface area contributed by atoms with E-state index in [2.05, 4.69) is 0 Å².